The topological polar surface area (TPSA) is 63.4 Å². The van der Waals surface area contributed by atoms with E-state index in [1.54, 1.807) is 11.2 Å². The van der Waals surface area contributed by atoms with Crippen molar-refractivity contribution in [1.82, 2.24) is 4.31 Å². The molecule has 1 heterocycles. The van der Waals surface area contributed by atoms with Gasteiger partial charge in [-0.1, -0.05) is 19.1 Å². The molecule has 1 saturated heterocycles. The first-order valence-electron chi connectivity index (χ1n) is 5.54. The summed E-state index contributed by atoms with van der Waals surface area (Å²) in [6.07, 6.45) is 2.23. The minimum atomic E-state index is -3.39. The van der Waals surface area contributed by atoms with Crippen LogP contribution in [0.5, 0.6) is 0 Å². The number of hydrogen-bond donors (Lipinski definition) is 1. The summed E-state index contributed by atoms with van der Waals surface area (Å²) in [5.74, 6) is 0. The van der Waals surface area contributed by atoms with Crippen molar-refractivity contribution in [1.29, 1.82) is 0 Å². The molecule has 1 unspecified atom stereocenters. The second-order valence-electron chi connectivity index (χ2n) is 4.83. The van der Waals surface area contributed by atoms with Gasteiger partial charge in [0.15, 0.2) is 0 Å². The van der Waals surface area contributed by atoms with Gasteiger partial charge in [0.25, 0.3) is 0 Å². The molecule has 1 rings (SSSR count). The van der Waals surface area contributed by atoms with Gasteiger partial charge < -0.3 is 5.73 Å². The van der Waals surface area contributed by atoms with E-state index >= 15 is 0 Å². The van der Waals surface area contributed by atoms with Crippen molar-refractivity contribution in [3.05, 3.63) is 0 Å². The molecule has 0 bridgehead atoms. The first kappa shape index (κ1) is 13.9. The van der Waals surface area contributed by atoms with Crippen LogP contribution < -0.4 is 5.73 Å². The largest absolute Gasteiger partial charge is 0.392 e. The number of sulfonamides is 1. The summed E-state index contributed by atoms with van der Waals surface area (Å²) < 4.78 is 26.3. The van der Waals surface area contributed by atoms with Crippen LogP contribution in [0.4, 0.5) is 0 Å². The van der Waals surface area contributed by atoms with Crippen molar-refractivity contribution in [3.63, 3.8) is 0 Å². The predicted octanol–water partition coefficient (Wildman–Crippen LogP) is 1.26. The van der Waals surface area contributed by atoms with E-state index in [1.165, 1.54) is 0 Å². The summed E-state index contributed by atoms with van der Waals surface area (Å²) in [4.78, 5) is 0.0743. The predicted molar refractivity (Wildman–Crippen MR) is 69.8 cm³/mol. The van der Waals surface area contributed by atoms with Crippen LogP contribution >= 0.6 is 12.2 Å². The van der Waals surface area contributed by atoms with Crippen molar-refractivity contribution < 1.29 is 8.42 Å². The van der Waals surface area contributed by atoms with Crippen molar-refractivity contribution in [2.45, 2.75) is 50.8 Å². The lowest BCUT2D eigenvalue weighted by atomic mass is 10.0. The third-order valence-corrected chi connectivity index (χ3v) is 6.21. The van der Waals surface area contributed by atoms with Gasteiger partial charge in [0.1, 0.15) is 5.25 Å². The van der Waals surface area contributed by atoms with Gasteiger partial charge in [-0.2, -0.15) is 4.31 Å². The van der Waals surface area contributed by atoms with E-state index in [0.29, 0.717) is 13.0 Å². The average Bonchev–Trinajstić information content (AvgIpc) is 2.45. The van der Waals surface area contributed by atoms with Gasteiger partial charge >= 0.3 is 0 Å². The maximum absolute atomic E-state index is 12.4. The zero-order valence-corrected chi connectivity index (χ0v) is 11.7. The van der Waals surface area contributed by atoms with Gasteiger partial charge in [-0.3, -0.25) is 0 Å². The summed E-state index contributed by atoms with van der Waals surface area (Å²) in [6, 6.07) is 0. The molecule has 2 N–H and O–H groups in total. The van der Waals surface area contributed by atoms with Crippen LogP contribution in [-0.4, -0.2) is 35.0 Å². The Hall–Kier alpha value is -0.200. The molecular formula is C10H20N2O2S2. The Morgan fingerprint density at radius 2 is 2.12 bits per heavy atom. The molecule has 1 atom stereocenters. The Labute approximate surface area is 103 Å². The van der Waals surface area contributed by atoms with E-state index in [9.17, 15) is 8.42 Å². The molecule has 0 spiro atoms. The number of nitrogens with zero attached hydrogens (tertiary/aromatic N) is 1. The minimum absolute atomic E-state index is 0.0743. The standard InChI is InChI=1S/C10H20N2O2S2/c1-4-8(9(11)15)16(13,14)12-7-5-6-10(12,2)3/h8H,4-7H2,1-3H3,(H2,11,15). The quantitative estimate of drug-likeness (QED) is 0.776. The molecule has 0 aromatic rings. The Morgan fingerprint density at radius 3 is 2.44 bits per heavy atom. The van der Waals surface area contributed by atoms with Gasteiger partial charge in [-0.25, -0.2) is 8.42 Å². The fourth-order valence-corrected chi connectivity index (χ4v) is 4.98. The Balaban J connectivity index is 3.06. The van der Waals surface area contributed by atoms with Gasteiger partial charge in [-0.05, 0) is 33.1 Å². The number of rotatable bonds is 4. The molecule has 0 saturated carbocycles. The Morgan fingerprint density at radius 1 is 1.56 bits per heavy atom. The Kier molecular flexibility index (Phi) is 3.97. The SMILES string of the molecule is CCC(C(N)=S)S(=O)(=O)N1CCCC1(C)C. The zero-order valence-electron chi connectivity index (χ0n) is 10.1. The molecule has 4 nitrogen and oxygen atoms in total. The molecule has 1 aliphatic heterocycles. The molecule has 0 aliphatic carbocycles. The molecule has 0 amide bonds. The van der Waals surface area contributed by atoms with Crippen molar-refractivity contribution in [2.24, 2.45) is 5.73 Å². The second kappa shape index (κ2) is 4.58. The second-order valence-corrected chi connectivity index (χ2v) is 7.34. The molecule has 1 aliphatic rings. The lowest BCUT2D eigenvalue weighted by Gasteiger charge is -2.33. The molecule has 1 fully saturated rings. The van der Waals surface area contributed by atoms with Crippen LogP contribution in [0.15, 0.2) is 0 Å². The highest BCUT2D eigenvalue weighted by atomic mass is 32.2. The first-order valence-corrected chi connectivity index (χ1v) is 7.45. The lowest BCUT2D eigenvalue weighted by molar-refractivity contribution is 0.290. The lowest BCUT2D eigenvalue weighted by Crippen LogP contribution is -2.50. The van der Waals surface area contributed by atoms with E-state index in [-0.39, 0.29) is 10.5 Å². The summed E-state index contributed by atoms with van der Waals surface area (Å²) >= 11 is 4.85. The van der Waals surface area contributed by atoms with E-state index in [0.717, 1.165) is 12.8 Å². The fraction of sp³-hybridized carbons (Fsp3) is 0.900. The minimum Gasteiger partial charge on any atom is -0.392 e. The molecule has 0 aromatic carbocycles. The van der Waals surface area contributed by atoms with E-state index in [4.69, 9.17) is 18.0 Å². The smallest absolute Gasteiger partial charge is 0.223 e. The molecule has 0 aromatic heterocycles. The zero-order chi connectivity index (χ0) is 12.6. The van der Waals surface area contributed by atoms with Crippen LogP contribution in [0.3, 0.4) is 0 Å². The number of nitrogens with two attached hydrogens (primary N) is 1. The van der Waals surface area contributed by atoms with Crippen LogP contribution in [-0.2, 0) is 10.0 Å². The van der Waals surface area contributed by atoms with Crippen LogP contribution in [0.1, 0.15) is 40.0 Å². The summed E-state index contributed by atoms with van der Waals surface area (Å²) in [5, 5.41) is -0.722. The van der Waals surface area contributed by atoms with Gasteiger partial charge in [-0.15, -0.1) is 0 Å². The number of thiocarbonyl (C=S) groups is 1. The van der Waals surface area contributed by atoms with E-state index in [1.807, 2.05) is 13.8 Å². The van der Waals surface area contributed by atoms with Crippen LogP contribution in [0.2, 0.25) is 0 Å². The van der Waals surface area contributed by atoms with Crippen molar-refractivity contribution in [3.8, 4) is 0 Å². The first-order chi connectivity index (χ1) is 7.23. The van der Waals surface area contributed by atoms with Gasteiger partial charge in [0, 0.05) is 12.1 Å². The van der Waals surface area contributed by atoms with E-state index < -0.39 is 15.3 Å². The van der Waals surface area contributed by atoms with Gasteiger partial charge in [0.2, 0.25) is 10.0 Å². The van der Waals surface area contributed by atoms with Crippen molar-refractivity contribution in [2.75, 3.05) is 6.54 Å². The van der Waals surface area contributed by atoms with Crippen LogP contribution in [0.25, 0.3) is 0 Å². The monoisotopic (exact) mass is 264 g/mol. The summed E-state index contributed by atoms with van der Waals surface area (Å²) in [6.45, 7) is 6.27. The highest BCUT2D eigenvalue weighted by molar-refractivity contribution is 7.92. The Bertz CT molecular complexity index is 376. The third-order valence-electron chi connectivity index (χ3n) is 3.18. The average molecular weight is 264 g/mol. The maximum Gasteiger partial charge on any atom is 0.223 e. The summed E-state index contributed by atoms with van der Waals surface area (Å²) in [5.41, 5.74) is 5.21. The maximum atomic E-state index is 12.4. The highest BCUT2D eigenvalue weighted by Crippen LogP contribution is 2.33. The molecule has 94 valence electrons. The molecular weight excluding hydrogens is 244 g/mol. The van der Waals surface area contributed by atoms with E-state index in [2.05, 4.69) is 0 Å². The fourth-order valence-electron chi connectivity index (χ4n) is 2.27. The molecule has 6 heteroatoms. The third kappa shape index (κ3) is 2.38. The normalized spacial score (nSPS) is 23.2. The molecule has 16 heavy (non-hydrogen) atoms. The highest BCUT2D eigenvalue weighted by Gasteiger charge is 2.43. The van der Waals surface area contributed by atoms with Crippen molar-refractivity contribution >= 4 is 27.2 Å². The number of hydrogen-bond acceptors (Lipinski definition) is 3. The van der Waals surface area contributed by atoms with Crippen LogP contribution in [0, 0.1) is 0 Å². The summed E-state index contributed by atoms with van der Waals surface area (Å²) in [7, 11) is -3.39. The van der Waals surface area contributed by atoms with Gasteiger partial charge in [0.05, 0.1) is 4.99 Å². The molecule has 0 radical (unpaired) electrons.